The number of pyridine rings is 1. The van der Waals surface area contributed by atoms with Crippen molar-refractivity contribution in [3.05, 3.63) is 76.1 Å². The van der Waals surface area contributed by atoms with Crippen LogP contribution in [0.5, 0.6) is 17.2 Å². The van der Waals surface area contributed by atoms with Crippen LogP contribution in [0, 0.1) is 0 Å². The molecule has 1 heterocycles. The average Bonchev–Trinajstić information content (AvgIpc) is 2.75. The van der Waals surface area contributed by atoms with E-state index in [4.69, 9.17) is 9.47 Å². The molecule has 30 heavy (non-hydrogen) atoms. The second kappa shape index (κ2) is 10.0. The standard InChI is InChI=1S/C25H29NO4/c1-4-5-14-26-22-16-20(30-17-19-9-7-6-8-10-19)11-12-21(22)23(27)24(25(26)28)29-15-13-18(2)3/h6-13,16,27H,4-5,14-15,17H2,1-3H3. The summed E-state index contributed by atoms with van der Waals surface area (Å²) in [5, 5.41) is 11.3. The SMILES string of the molecule is CCCCn1c(=O)c(OCC=C(C)C)c(O)c2ccc(OCc3ccccc3)cc21. The Morgan fingerprint density at radius 3 is 2.57 bits per heavy atom. The first-order valence-electron chi connectivity index (χ1n) is 10.3. The molecule has 0 saturated heterocycles. The van der Waals surface area contributed by atoms with Crippen LogP contribution in [-0.2, 0) is 13.2 Å². The Hall–Kier alpha value is -3.21. The lowest BCUT2D eigenvalue weighted by Gasteiger charge is -2.16. The summed E-state index contributed by atoms with van der Waals surface area (Å²) in [5.41, 5.74) is 2.47. The van der Waals surface area contributed by atoms with Crippen LogP contribution in [0.15, 0.2) is 65.0 Å². The second-order valence-electron chi connectivity index (χ2n) is 7.53. The fraction of sp³-hybridized carbons (Fsp3) is 0.320. The van der Waals surface area contributed by atoms with Crippen molar-refractivity contribution < 1.29 is 14.6 Å². The molecule has 0 saturated carbocycles. The lowest BCUT2D eigenvalue weighted by Crippen LogP contribution is -2.23. The summed E-state index contributed by atoms with van der Waals surface area (Å²) in [6, 6.07) is 15.3. The number of hydrogen-bond donors (Lipinski definition) is 1. The fourth-order valence-electron chi connectivity index (χ4n) is 3.18. The number of unbranched alkanes of at least 4 members (excludes halogenated alkanes) is 1. The van der Waals surface area contributed by atoms with Gasteiger partial charge in [-0.3, -0.25) is 4.79 Å². The normalized spacial score (nSPS) is 10.8. The summed E-state index contributed by atoms with van der Waals surface area (Å²) in [6.07, 6.45) is 3.68. The lowest BCUT2D eigenvalue weighted by molar-refractivity contribution is 0.306. The van der Waals surface area contributed by atoms with Gasteiger partial charge in [-0.15, -0.1) is 0 Å². The molecule has 5 nitrogen and oxygen atoms in total. The molecule has 2 aromatic carbocycles. The van der Waals surface area contributed by atoms with Gasteiger partial charge < -0.3 is 19.1 Å². The van der Waals surface area contributed by atoms with E-state index in [1.165, 1.54) is 0 Å². The van der Waals surface area contributed by atoms with Crippen molar-refractivity contribution in [2.45, 2.75) is 46.8 Å². The van der Waals surface area contributed by atoms with Crippen molar-refractivity contribution in [1.82, 2.24) is 4.57 Å². The number of allylic oxidation sites excluding steroid dienone is 1. The molecule has 0 aliphatic carbocycles. The minimum Gasteiger partial charge on any atom is -0.504 e. The predicted octanol–water partition coefficient (Wildman–Crippen LogP) is 5.43. The summed E-state index contributed by atoms with van der Waals surface area (Å²) in [5.74, 6) is 0.516. The van der Waals surface area contributed by atoms with Crippen LogP contribution in [0.4, 0.5) is 0 Å². The van der Waals surface area contributed by atoms with Gasteiger partial charge in [-0.25, -0.2) is 0 Å². The molecule has 0 spiro atoms. The van der Waals surface area contributed by atoms with Crippen LogP contribution >= 0.6 is 0 Å². The highest BCUT2D eigenvalue weighted by atomic mass is 16.5. The topological polar surface area (TPSA) is 60.7 Å². The first kappa shape index (κ1) is 21.5. The van der Waals surface area contributed by atoms with Crippen molar-refractivity contribution in [3.8, 4) is 17.2 Å². The summed E-state index contributed by atoms with van der Waals surface area (Å²) in [6.45, 7) is 7.21. The Morgan fingerprint density at radius 1 is 1.10 bits per heavy atom. The number of fused-ring (bicyclic) bond motifs is 1. The first-order valence-corrected chi connectivity index (χ1v) is 10.3. The maximum atomic E-state index is 13.1. The van der Waals surface area contributed by atoms with E-state index < -0.39 is 0 Å². The fourth-order valence-corrected chi connectivity index (χ4v) is 3.18. The molecule has 158 valence electrons. The Morgan fingerprint density at radius 2 is 1.87 bits per heavy atom. The molecule has 0 atom stereocenters. The Balaban J connectivity index is 1.99. The van der Waals surface area contributed by atoms with Gasteiger partial charge in [-0.05, 0) is 44.0 Å². The van der Waals surface area contributed by atoms with Crippen LogP contribution in [0.1, 0.15) is 39.2 Å². The first-order chi connectivity index (χ1) is 14.5. The predicted molar refractivity (Wildman–Crippen MR) is 120 cm³/mol. The maximum Gasteiger partial charge on any atom is 0.297 e. The van der Waals surface area contributed by atoms with Crippen molar-refractivity contribution in [3.63, 3.8) is 0 Å². The smallest absolute Gasteiger partial charge is 0.297 e. The minimum absolute atomic E-state index is 0.00550. The van der Waals surface area contributed by atoms with Gasteiger partial charge in [0.15, 0.2) is 5.75 Å². The Labute approximate surface area is 177 Å². The van der Waals surface area contributed by atoms with Crippen molar-refractivity contribution in [1.29, 1.82) is 0 Å². The van der Waals surface area contributed by atoms with E-state index in [9.17, 15) is 9.90 Å². The number of aryl methyl sites for hydroxylation is 1. The van der Waals surface area contributed by atoms with Gasteiger partial charge >= 0.3 is 0 Å². The molecule has 0 bridgehead atoms. The van der Waals surface area contributed by atoms with Crippen LogP contribution in [0.2, 0.25) is 0 Å². The zero-order valence-electron chi connectivity index (χ0n) is 17.9. The van der Waals surface area contributed by atoms with Crippen LogP contribution < -0.4 is 15.0 Å². The molecule has 3 aromatic rings. The van der Waals surface area contributed by atoms with E-state index in [2.05, 4.69) is 6.92 Å². The van der Waals surface area contributed by atoms with Gasteiger partial charge in [-0.1, -0.05) is 49.2 Å². The third kappa shape index (κ3) is 5.03. The van der Waals surface area contributed by atoms with E-state index in [-0.39, 0.29) is 23.7 Å². The molecule has 0 unspecified atom stereocenters. The van der Waals surface area contributed by atoms with Gasteiger partial charge in [0.2, 0.25) is 5.75 Å². The van der Waals surface area contributed by atoms with E-state index in [0.717, 1.165) is 24.0 Å². The number of aromatic nitrogens is 1. The van der Waals surface area contributed by atoms with Gasteiger partial charge in [0.05, 0.1) is 5.52 Å². The van der Waals surface area contributed by atoms with Gasteiger partial charge in [0, 0.05) is 18.0 Å². The zero-order chi connectivity index (χ0) is 21.5. The van der Waals surface area contributed by atoms with E-state index >= 15 is 0 Å². The molecule has 3 rings (SSSR count). The lowest BCUT2D eigenvalue weighted by atomic mass is 10.1. The largest absolute Gasteiger partial charge is 0.504 e. The van der Waals surface area contributed by atoms with Crippen LogP contribution in [-0.4, -0.2) is 16.3 Å². The quantitative estimate of drug-likeness (QED) is 0.481. The summed E-state index contributed by atoms with van der Waals surface area (Å²) in [7, 11) is 0. The van der Waals surface area contributed by atoms with Crippen LogP contribution in [0.25, 0.3) is 10.9 Å². The van der Waals surface area contributed by atoms with E-state index in [0.29, 0.717) is 29.8 Å². The molecule has 0 amide bonds. The summed E-state index contributed by atoms with van der Waals surface area (Å²) < 4.78 is 13.2. The molecule has 0 fully saturated rings. The minimum atomic E-state index is -0.323. The highest BCUT2D eigenvalue weighted by Crippen LogP contribution is 2.33. The molecular formula is C25H29NO4. The molecule has 0 aliphatic rings. The van der Waals surface area contributed by atoms with Gasteiger partial charge in [-0.2, -0.15) is 0 Å². The molecule has 1 aromatic heterocycles. The summed E-state index contributed by atoms with van der Waals surface area (Å²) in [4.78, 5) is 13.1. The Bertz CT molecular complexity index is 1080. The number of nitrogens with zero attached hydrogens (tertiary/aromatic N) is 1. The molecule has 1 N–H and O–H groups in total. The molecule has 5 heteroatoms. The molecule has 0 aliphatic heterocycles. The Kier molecular flexibility index (Phi) is 7.17. The number of rotatable bonds is 9. The van der Waals surface area contributed by atoms with Gasteiger partial charge in [0.25, 0.3) is 5.56 Å². The third-order valence-corrected chi connectivity index (χ3v) is 4.87. The number of aromatic hydroxyl groups is 1. The third-order valence-electron chi connectivity index (χ3n) is 4.87. The van der Waals surface area contributed by atoms with E-state index in [1.54, 1.807) is 16.7 Å². The monoisotopic (exact) mass is 407 g/mol. The average molecular weight is 408 g/mol. The summed E-state index contributed by atoms with van der Waals surface area (Å²) >= 11 is 0. The molecular weight excluding hydrogens is 378 g/mol. The van der Waals surface area contributed by atoms with Crippen molar-refractivity contribution >= 4 is 10.9 Å². The second-order valence-corrected chi connectivity index (χ2v) is 7.53. The van der Waals surface area contributed by atoms with Crippen LogP contribution in [0.3, 0.4) is 0 Å². The van der Waals surface area contributed by atoms with Crippen molar-refractivity contribution in [2.24, 2.45) is 0 Å². The number of ether oxygens (including phenoxy) is 2. The van der Waals surface area contributed by atoms with Crippen molar-refractivity contribution in [2.75, 3.05) is 6.61 Å². The molecule has 0 radical (unpaired) electrons. The highest BCUT2D eigenvalue weighted by molar-refractivity contribution is 5.88. The highest BCUT2D eigenvalue weighted by Gasteiger charge is 2.18. The maximum absolute atomic E-state index is 13.1. The zero-order valence-corrected chi connectivity index (χ0v) is 17.9. The van der Waals surface area contributed by atoms with Gasteiger partial charge in [0.1, 0.15) is 19.0 Å². The number of hydrogen-bond acceptors (Lipinski definition) is 4. The number of benzene rings is 2. The van der Waals surface area contributed by atoms with E-state index in [1.807, 2.05) is 56.3 Å².